The van der Waals surface area contributed by atoms with Gasteiger partial charge in [-0.1, -0.05) is 18.2 Å². The molecule has 170 valence electrons. The SMILES string of the molecule is COc1cccc(-c2nccc([C@H]3CCCN3C(=O)c3cccc(Nc4ncccn4)c3)n2)c1. The Labute approximate surface area is 197 Å². The first-order chi connectivity index (χ1) is 16.7. The molecule has 0 radical (unpaired) electrons. The molecule has 0 bridgehead atoms. The summed E-state index contributed by atoms with van der Waals surface area (Å²) in [6, 6.07) is 18.6. The van der Waals surface area contributed by atoms with Crippen molar-refractivity contribution in [2.45, 2.75) is 18.9 Å². The fourth-order valence-corrected chi connectivity index (χ4v) is 4.17. The van der Waals surface area contributed by atoms with Crippen molar-refractivity contribution >= 4 is 17.5 Å². The van der Waals surface area contributed by atoms with Gasteiger partial charge in [0.15, 0.2) is 5.82 Å². The Morgan fingerprint density at radius 1 is 1.00 bits per heavy atom. The Kier molecular flexibility index (Phi) is 6.11. The fourth-order valence-electron chi connectivity index (χ4n) is 4.17. The summed E-state index contributed by atoms with van der Waals surface area (Å²) in [6.07, 6.45) is 6.87. The molecule has 1 amide bonds. The Balaban J connectivity index is 1.38. The van der Waals surface area contributed by atoms with Crippen molar-refractivity contribution in [3.8, 4) is 17.1 Å². The maximum absolute atomic E-state index is 13.5. The molecule has 1 atom stereocenters. The number of ether oxygens (including phenoxy) is 1. The maximum Gasteiger partial charge on any atom is 0.254 e. The predicted molar refractivity (Wildman–Crippen MR) is 129 cm³/mol. The van der Waals surface area contributed by atoms with Crippen molar-refractivity contribution in [2.75, 3.05) is 19.0 Å². The molecule has 0 aliphatic carbocycles. The fraction of sp³-hybridized carbons (Fsp3) is 0.192. The van der Waals surface area contributed by atoms with Gasteiger partial charge >= 0.3 is 0 Å². The number of nitrogens with zero attached hydrogens (tertiary/aromatic N) is 5. The molecule has 0 unspecified atom stereocenters. The van der Waals surface area contributed by atoms with Crippen LogP contribution >= 0.6 is 0 Å². The molecule has 4 aromatic rings. The van der Waals surface area contributed by atoms with Crippen LogP contribution in [0.15, 0.2) is 79.3 Å². The summed E-state index contributed by atoms with van der Waals surface area (Å²) in [5.74, 6) is 1.82. The molecular formula is C26H24N6O2. The molecule has 0 saturated carbocycles. The number of rotatable bonds is 6. The van der Waals surface area contributed by atoms with E-state index in [-0.39, 0.29) is 11.9 Å². The summed E-state index contributed by atoms with van der Waals surface area (Å²) < 4.78 is 5.33. The van der Waals surface area contributed by atoms with Gasteiger partial charge in [0.05, 0.1) is 18.8 Å². The van der Waals surface area contributed by atoms with Crippen molar-refractivity contribution in [3.05, 3.63) is 90.5 Å². The maximum atomic E-state index is 13.5. The number of aromatic nitrogens is 4. The second-order valence-electron chi connectivity index (χ2n) is 7.97. The van der Waals surface area contributed by atoms with Crippen LogP contribution in [0, 0.1) is 0 Å². The first kappa shape index (κ1) is 21.5. The number of nitrogens with one attached hydrogen (secondary N) is 1. The summed E-state index contributed by atoms with van der Waals surface area (Å²) in [7, 11) is 1.63. The van der Waals surface area contributed by atoms with Crippen LogP contribution < -0.4 is 10.1 Å². The second kappa shape index (κ2) is 9.66. The summed E-state index contributed by atoms with van der Waals surface area (Å²) in [6.45, 7) is 0.682. The third-order valence-electron chi connectivity index (χ3n) is 5.79. The van der Waals surface area contributed by atoms with E-state index in [1.807, 2.05) is 59.5 Å². The number of carbonyl (C=O) groups excluding carboxylic acids is 1. The lowest BCUT2D eigenvalue weighted by atomic mass is 10.1. The van der Waals surface area contributed by atoms with E-state index >= 15 is 0 Å². The van der Waals surface area contributed by atoms with Gasteiger partial charge in [0, 0.05) is 41.9 Å². The minimum absolute atomic E-state index is 0.0262. The number of hydrogen-bond acceptors (Lipinski definition) is 7. The summed E-state index contributed by atoms with van der Waals surface area (Å²) in [5.41, 5.74) is 3.08. The van der Waals surface area contributed by atoms with Gasteiger partial charge in [0.25, 0.3) is 5.91 Å². The number of hydrogen-bond donors (Lipinski definition) is 1. The molecule has 34 heavy (non-hydrogen) atoms. The highest BCUT2D eigenvalue weighted by atomic mass is 16.5. The largest absolute Gasteiger partial charge is 0.497 e. The van der Waals surface area contributed by atoms with Crippen molar-refractivity contribution in [1.82, 2.24) is 24.8 Å². The number of carbonyl (C=O) groups is 1. The lowest BCUT2D eigenvalue weighted by molar-refractivity contribution is 0.0733. The monoisotopic (exact) mass is 452 g/mol. The molecule has 0 spiro atoms. The van der Waals surface area contributed by atoms with Gasteiger partial charge in [-0.25, -0.2) is 19.9 Å². The number of benzene rings is 2. The second-order valence-corrected chi connectivity index (χ2v) is 7.97. The van der Waals surface area contributed by atoms with Crippen molar-refractivity contribution in [1.29, 1.82) is 0 Å². The quantitative estimate of drug-likeness (QED) is 0.455. The molecule has 2 aromatic carbocycles. The van der Waals surface area contributed by atoms with Crippen LogP contribution in [0.25, 0.3) is 11.4 Å². The van der Waals surface area contributed by atoms with Gasteiger partial charge in [-0.3, -0.25) is 4.79 Å². The van der Waals surface area contributed by atoms with Crippen LogP contribution in [0.2, 0.25) is 0 Å². The topological polar surface area (TPSA) is 93.1 Å². The zero-order valence-electron chi connectivity index (χ0n) is 18.8. The van der Waals surface area contributed by atoms with Crippen molar-refractivity contribution in [2.24, 2.45) is 0 Å². The normalized spacial score (nSPS) is 15.2. The van der Waals surface area contributed by atoms with Gasteiger partial charge in [0.1, 0.15) is 5.75 Å². The molecule has 2 aromatic heterocycles. The Morgan fingerprint density at radius 3 is 2.71 bits per heavy atom. The average Bonchev–Trinajstić information content (AvgIpc) is 3.39. The minimum atomic E-state index is -0.103. The van der Waals surface area contributed by atoms with Crippen molar-refractivity contribution < 1.29 is 9.53 Å². The van der Waals surface area contributed by atoms with Crippen LogP contribution in [-0.2, 0) is 0 Å². The van der Waals surface area contributed by atoms with Crippen molar-refractivity contribution in [3.63, 3.8) is 0 Å². The van der Waals surface area contributed by atoms with Gasteiger partial charge < -0.3 is 15.0 Å². The molecule has 3 heterocycles. The zero-order valence-corrected chi connectivity index (χ0v) is 18.8. The van der Waals surface area contributed by atoms with E-state index in [0.717, 1.165) is 35.5 Å². The lowest BCUT2D eigenvalue weighted by Gasteiger charge is -2.25. The molecule has 8 heteroatoms. The van der Waals surface area contributed by atoms with E-state index in [2.05, 4.69) is 20.3 Å². The minimum Gasteiger partial charge on any atom is -0.497 e. The lowest BCUT2D eigenvalue weighted by Crippen LogP contribution is -2.31. The van der Waals surface area contributed by atoms with Crippen LogP contribution in [0.1, 0.15) is 34.9 Å². The van der Waals surface area contributed by atoms with Gasteiger partial charge in [-0.2, -0.15) is 0 Å². The smallest absolute Gasteiger partial charge is 0.254 e. The Hall–Kier alpha value is -4.33. The Morgan fingerprint density at radius 2 is 1.85 bits per heavy atom. The van der Waals surface area contributed by atoms with E-state index < -0.39 is 0 Å². The van der Waals surface area contributed by atoms with E-state index in [0.29, 0.717) is 23.9 Å². The zero-order chi connectivity index (χ0) is 23.3. The molecule has 1 N–H and O–H groups in total. The van der Waals surface area contributed by atoms with E-state index in [9.17, 15) is 4.79 Å². The summed E-state index contributed by atoms with van der Waals surface area (Å²) >= 11 is 0. The highest BCUT2D eigenvalue weighted by Gasteiger charge is 2.32. The highest BCUT2D eigenvalue weighted by molar-refractivity contribution is 5.95. The molecular weight excluding hydrogens is 428 g/mol. The molecule has 1 saturated heterocycles. The third kappa shape index (κ3) is 4.56. The summed E-state index contributed by atoms with van der Waals surface area (Å²) in [4.78, 5) is 33.0. The van der Waals surface area contributed by atoms with Gasteiger partial charge in [-0.15, -0.1) is 0 Å². The molecule has 1 aliphatic rings. The van der Waals surface area contributed by atoms with Crippen LogP contribution in [-0.4, -0.2) is 44.4 Å². The molecule has 5 rings (SSSR count). The van der Waals surface area contributed by atoms with Crippen LogP contribution in [0.3, 0.4) is 0 Å². The van der Waals surface area contributed by atoms with E-state index in [1.165, 1.54) is 0 Å². The molecule has 1 fully saturated rings. The number of anilines is 2. The van der Waals surface area contributed by atoms with Gasteiger partial charge in [0.2, 0.25) is 5.95 Å². The van der Waals surface area contributed by atoms with E-state index in [4.69, 9.17) is 9.72 Å². The third-order valence-corrected chi connectivity index (χ3v) is 5.79. The summed E-state index contributed by atoms with van der Waals surface area (Å²) in [5, 5.41) is 3.14. The van der Waals surface area contributed by atoms with Gasteiger partial charge in [-0.05, 0) is 55.3 Å². The number of likely N-dealkylation sites (tertiary alicyclic amines) is 1. The first-order valence-electron chi connectivity index (χ1n) is 11.1. The average molecular weight is 453 g/mol. The van der Waals surface area contributed by atoms with Crippen LogP contribution in [0.5, 0.6) is 5.75 Å². The molecule has 1 aliphatic heterocycles. The molecule has 8 nitrogen and oxygen atoms in total. The highest BCUT2D eigenvalue weighted by Crippen LogP contribution is 2.33. The number of methoxy groups -OCH3 is 1. The Bertz CT molecular complexity index is 1300. The van der Waals surface area contributed by atoms with Crippen LogP contribution in [0.4, 0.5) is 11.6 Å². The predicted octanol–water partition coefficient (Wildman–Crippen LogP) is 4.66. The number of amides is 1. The first-order valence-corrected chi connectivity index (χ1v) is 11.1. The standard InChI is InChI=1S/C26H24N6O2/c1-34-21-9-3-6-18(17-21)24-27-14-11-22(31-24)23-10-4-15-32(23)25(33)19-7-2-8-20(16-19)30-26-28-12-5-13-29-26/h2-3,5-9,11-14,16-17,23H,4,10,15H2,1H3,(H,28,29,30)/t23-/m1/s1. The van der Waals surface area contributed by atoms with E-state index in [1.54, 1.807) is 31.8 Å².